The number of hydrogen-bond acceptors (Lipinski definition) is 6. The van der Waals surface area contributed by atoms with Gasteiger partial charge in [0.2, 0.25) is 10.0 Å². The van der Waals surface area contributed by atoms with E-state index in [-0.39, 0.29) is 29.2 Å². The van der Waals surface area contributed by atoms with E-state index in [1.807, 2.05) is 30.3 Å². The Kier molecular flexibility index (Phi) is 7.75. The van der Waals surface area contributed by atoms with Crippen LogP contribution in [0.4, 0.5) is 11.4 Å². The Morgan fingerprint density at radius 2 is 1.67 bits per heavy atom. The summed E-state index contributed by atoms with van der Waals surface area (Å²) in [5, 5.41) is 16.5. The smallest absolute Gasteiger partial charge is 0.269 e. The number of nitro groups is 1. The number of carbonyl (C=O) groups excluding carboxylic acids is 1. The second-order valence-electron chi connectivity index (χ2n) is 7.28. The molecule has 3 N–H and O–H groups in total. The lowest BCUT2D eigenvalue weighted by Crippen LogP contribution is -2.29. The van der Waals surface area contributed by atoms with E-state index in [2.05, 4.69) is 15.4 Å². The van der Waals surface area contributed by atoms with Crippen LogP contribution >= 0.6 is 0 Å². The highest BCUT2D eigenvalue weighted by Gasteiger charge is 2.19. The minimum atomic E-state index is -3.81. The molecule has 0 atom stereocenters. The zero-order chi connectivity index (χ0) is 23.8. The molecule has 0 fully saturated rings. The molecule has 0 saturated carbocycles. The van der Waals surface area contributed by atoms with Gasteiger partial charge in [0.15, 0.2) is 0 Å². The second kappa shape index (κ2) is 10.7. The molecule has 3 aromatic carbocycles. The maximum Gasteiger partial charge on any atom is 0.269 e. The van der Waals surface area contributed by atoms with Crippen molar-refractivity contribution in [3.05, 3.63) is 99.6 Å². The molecule has 0 aliphatic rings. The number of hydrogen-bond donors (Lipinski definition) is 3. The summed E-state index contributed by atoms with van der Waals surface area (Å²) in [5.41, 5.74) is 2.27. The highest BCUT2D eigenvalue weighted by atomic mass is 32.2. The quantitative estimate of drug-likeness (QED) is 0.238. The van der Waals surface area contributed by atoms with E-state index in [4.69, 9.17) is 0 Å². The summed E-state index contributed by atoms with van der Waals surface area (Å²) < 4.78 is 28.1. The highest BCUT2D eigenvalue weighted by molar-refractivity contribution is 7.89. The van der Waals surface area contributed by atoms with Crippen molar-refractivity contribution in [2.75, 3.05) is 18.4 Å². The minimum absolute atomic E-state index is 0.00256. The molecule has 0 aliphatic heterocycles. The van der Waals surface area contributed by atoms with Gasteiger partial charge in [-0.3, -0.25) is 14.9 Å². The van der Waals surface area contributed by atoms with Gasteiger partial charge in [-0.1, -0.05) is 36.4 Å². The van der Waals surface area contributed by atoms with E-state index in [1.54, 1.807) is 31.2 Å². The van der Waals surface area contributed by atoms with Gasteiger partial charge in [-0.25, -0.2) is 13.1 Å². The first-order valence-corrected chi connectivity index (χ1v) is 11.7. The van der Waals surface area contributed by atoms with Crippen LogP contribution in [0.15, 0.2) is 77.7 Å². The summed E-state index contributed by atoms with van der Waals surface area (Å²) in [7, 11) is -3.81. The first-order valence-electron chi connectivity index (χ1n) is 10.2. The Labute approximate surface area is 192 Å². The number of nitrogens with zero attached hydrogens (tertiary/aromatic N) is 1. The van der Waals surface area contributed by atoms with Crippen LogP contribution in [0.5, 0.6) is 0 Å². The summed E-state index contributed by atoms with van der Waals surface area (Å²) in [4.78, 5) is 22.8. The number of nitrogens with one attached hydrogen (secondary N) is 3. The van der Waals surface area contributed by atoms with Gasteiger partial charge in [0.05, 0.1) is 9.82 Å². The molecular weight excluding hydrogens is 444 g/mol. The van der Waals surface area contributed by atoms with Crippen molar-refractivity contribution >= 4 is 27.3 Å². The third-order valence-electron chi connectivity index (χ3n) is 4.87. The van der Waals surface area contributed by atoms with E-state index < -0.39 is 20.9 Å². The summed E-state index contributed by atoms with van der Waals surface area (Å²) in [6.07, 6.45) is 0. The van der Waals surface area contributed by atoms with Crippen molar-refractivity contribution in [3.8, 4) is 0 Å². The van der Waals surface area contributed by atoms with E-state index in [0.717, 1.165) is 5.56 Å². The Morgan fingerprint density at radius 3 is 2.33 bits per heavy atom. The van der Waals surface area contributed by atoms with Gasteiger partial charge in [-0.05, 0) is 42.3 Å². The van der Waals surface area contributed by atoms with Crippen LogP contribution in [0.3, 0.4) is 0 Å². The third kappa shape index (κ3) is 6.61. The monoisotopic (exact) mass is 468 g/mol. The Balaban J connectivity index is 1.57. The van der Waals surface area contributed by atoms with Crippen LogP contribution in [0.1, 0.15) is 21.5 Å². The normalized spacial score (nSPS) is 11.1. The van der Waals surface area contributed by atoms with E-state index in [1.165, 1.54) is 18.2 Å². The van der Waals surface area contributed by atoms with E-state index in [0.29, 0.717) is 17.8 Å². The van der Waals surface area contributed by atoms with Crippen LogP contribution in [0.2, 0.25) is 0 Å². The number of anilines is 1. The first-order chi connectivity index (χ1) is 15.8. The average Bonchev–Trinajstić information content (AvgIpc) is 2.81. The molecule has 0 radical (unpaired) electrons. The third-order valence-corrected chi connectivity index (χ3v) is 6.41. The molecule has 1 amide bonds. The number of carbonyl (C=O) groups is 1. The molecule has 0 heterocycles. The molecule has 0 aromatic heterocycles. The summed E-state index contributed by atoms with van der Waals surface area (Å²) >= 11 is 0. The van der Waals surface area contributed by atoms with E-state index >= 15 is 0 Å². The predicted octanol–water partition coefficient (Wildman–Crippen LogP) is 3.22. The minimum Gasteiger partial charge on any atom is -0.383 e. The number of rotatable bonds is 10. The Bertz CT molecular complexity index is 1230. The Morgan fingerprint density at radius 1 is 0.970 bits per heavy atom. The van der Waals surface area contributed by atoms with Gasteiger partial charge in [-0.15, -0.1) is 0 Å². The molecule has 0 spiro atoms. The molecule has 0 bridgehead atoms. The molecule has 0 saturated heterocycles. The topological polar surface area (TPSA) is 130 Å². The fraction of sp³-hybridized carbons (Fsp3) is 0.174. The van der Waals surface area contributed by atoms with Gasteiger partial charge in [-0.2, -0.15) is 0 Å². The first kappa shape index (κ1) is 23.9. The van der Waals surface area contributed by atoms with E-state index in [9.17, 15) is 23.3 Å². The lowest BCUT2D eigenvalue weighted by molar-refractivity contribution is -0.384. The predicted molar refractivity (Wildman–Crippen MR) is 126 cm³/mol. The van der Waals surface area contributed by atoms with Crippen molar-refractivity contribution in [1.29, 1.82) is 0 Å². The van der Waals surface area contributed by atoms with Crippen LogP contribution < -0.4 is 15.4 Å². The van der Waals surface area contributed by atoms with Gasteiger partial charge in [0.25, 0.3) is 11.6 Å². The number of non-ortho nitro benzene ring substituents is 1. The SMILES string of the molecule is Cc1ccc(C(=O)NCCNc2ccc([N+](=O)[O-])cc2)cc1S(=O)(=O)NCc1ccccc1. The zero-order valence-corrected chi connectivity index (χ0v) is 18.8. The molecule has 10 heteroatoms. The van der Waals surface area contributed by atoms with Gasteiger partial charge < -0.3 is 10.6 Å². The highest BCUT2D eigenvalue weighted by Crippen LogP contribution is 2.18. The molecule has 3 rings (SSSR count). The van der Waals surface area contributed by atoms with Crippen molar-refractivity contribution in [2.45, 2.75) is 18.4 Å². The largest absolute Gasteiger partial charge is 0.383 e. The molecule has 9 nitrogen and oxygen atoms in total. The number of aryl methyl sites for hydroxylation is 1. The van der Waals surface area contributed by atoms with Crippen molar-refractivity contribution < 1.29 is 18.1 Å². The zero-order valence-electron chi connectivity index (χ0n) is 17.9. The van der Waals surface area contributed by atoms with Crippen molar-refractivity contribution in [3.63, 3.8) is 0 Å². The maximum absolute atomic E-state index is 12.8. The van der Waals surface area contributed by atoms with Crippen molar-refractivity contribution in [2.24, 2.45) is 0 Å². The summed E-state index contributed by atoms with van der Waals surface area (Å²) in [5.74, 6) is -0.403. The second-order valence-corrected chi connectivity index (χ2v) is 9.01. The molecule has 3 aromatic rings. The summed E-state index contributed by atoms with van der Waals surface area (Å²) in [6.45, 7) is 2.48. The van der Waals surface area contributed by atoms with Crippen LogP contribution in [0.25, 0.3) is 0 Å². The lowest BCUT2D eigenvalue weighted by Gasteiger charge is -2.12. The van der Waals surface area contributed by atoms with Gasteiger partial charge in [0, 0.05) is 43.0 Å². The molecule has 33 heavy (non-hydrogen) atoms. The number of nitro benzene ring substituents is 1. The van der Waals surface area contributed by atoms with Crippen molar-refractivity contribution in [1.82, 2.24) is 10.0 Å². The fourth-order valence-corrected chi connectivity index (χ4v) is 4.35. The number of benzene rings is 3. The molecule has 0 aliphatic carbocycles. The maximum atomic E-state index is 12.8. The van der Waals surface area contributed by atoms with Crippen LogP contribution in [0, 0.1) is 17.0 Å². The molecule has 0 unspecified atom stereocenters. The van der Waals surface area contributed by atoms with Crippen LogP contribution in [-0.2, 0) is 16.6 Å². The average molecular weight is 469 g/mol. The number of amides is 1. The molecular formula is C23H24N4O5S. The van der Waals surface area contributed by atoms with Gasteiger partial charge in [0.1, 0.15) is 0 Å². The lowest BCUT2D eigenvalue weighted by atomic mass is 10.1. The Hall–Kier alpha value is -3.76. The summed E-state index contributed by atoms with van der Waals surface area (Å²) in [6, 6.07) is 19.6. The number of sulfonamides is 1. The standard InChI is InChI=1S/C23H24N4O5S/c1-17-7-8-19(15-22(17)33(31,32)26-16-18-5-3-2-4-6-18)23(28)25-14-13-24-20-9-11-21(12-10-20)27(29)30/h2-12,15,24,26H,13-14,16H2,1H3,(H,25,28). The van der Waals surface area contributed by atoms with Crippen LogP contribution in [-0.4, -0.2) is 32.3 Å². The van der Waals surface area contributed by atoms with Gasteiger partial charge >= 0.3 is 0 Å². The fourth-order valence-electron chi connectivity index (χ4n) is 3.07. The molecule has 172 valence electrons.